The fourth-order valence-corrected chi connectivity index (χ4v) is 2.37. The van der Waals surface area contributed by atoms with E-state index in [2.05, 4.69) is 0 Å². The zero-order valence-corrected chi connectivity index (χ0v) is 12.0. The van der Waals surface area contributed by atoms with Gasteiger partial charge in [0.15, 0.2) is 0 Å². The molecule has 6 heteroatoms. The fraction of sp³-hybridized carbons (Fsp3) is 0.467. The van der Waals surface area contributed by atoms with Crippen LogP contribution in [0.5, 0.6) is 5.75 Å². The van der Waals surface area contributed by atoms with E-state index >= 15 is 0 Å². The van der Waals surface area contributed by atoms with Crippen molar-refractivity contribution in [3.63, 3.8) is 0 Å². The molecule has 6 nitrogen and oxygen atoms in total. The van der Waals surface area contributed by atoms with Crippen LogP contribution in [-0.4, -0.2) is 42.5 Å². The minimum Gasteiger partial charge on any atom is -0.493 e. The van der Waals surface area contributed by atoms with Crippen molar-refractivity contribution in [3.05, 3.63) is 29.8 Å². The van der Waals surface area contributed by atoms with Gasteiger partial charge in [-0.2, -0.15) is 0 Å². The summed E-state index contributed by atoms with van der Waals surface area (Å²) in [7, 11) is 0. The van der Waals surface area contributed by atoms with E-state index in [0.717, 1.165) is 19.4 Å². The van der Waals surface area contributed by atoms with E-state index in [1.165, 1.54) is 0 Å². The summed E-state index contributed by atoms with van der Waals surface area (Å²) in [5.74, 6) is 0.209. The molecule has 1 aromatic rings. The number of amides is 2. The second-order valence-electron chi connectivity index (χ2n) is 5.23. The minimum absolute atomic E-state index is 0.0684. The molecule has 0 radical (unpaired) electrons. The van der Waals surface area contributed by atoms with Crippen molar-refractivity contribution in [1.82, 2.24) is 4.90 Å². The van der Waals surface area contributed by atoms with Crippen LogP contribution in [0.3, 0.4) is 0 Å². The Bertz CT molecular complexity index is 501. The number of ether oxygens (including phenoxy) is 1. The Hall–Kier alpha value is -2.08. The van der Waals surface area contributed by atoms with Gasteiger partial charge in [0.2, 0.25) is 11.8 Å². The first-order chi connectivity index (χ1) is 10.1. The first-order valence-electron chi connectivity index (χ1n) is 7.12. The molecule has 1 aliphatic heterocycles. The lowest BCUT2D eigenvalue weighted by Gasteiger charge is -2.30. The smallest absolute Gasteiger partial charge is 0.248 e. The van der Waals surface area contributed by atoms with Gasteiger partial charge in [-0.1, -0.05) is 0 Å². The summed E-state index contributed by atoms with van der Waals surface area (Å²) >= 11 is 0. The molecule has 0 aromatic heterocycles. The molecular weight excluding hydrogens is 270 g/mol. The monoisotopic (exact) mass is 291 g/mol. The SMILES string of the molecule is NC(=O)c1ccc(OCCC(=O)N2CCCC(N)C2)cc1. The molecule has 1 saturated heterocycles. The van der Waals surface area contributed by atoms with Gasteiger partial charge in [0.25, 0.3) is 0 Å². The Balaban J connectivity index is 1.75. The summed E-state index contributed by atoms with van der Waals surface area (Å²) in [5, 5.41) is 0. The van der Waals surface area contributed by atoms with Crippen molar-refractivity contribution in [2.24, 2.45) is 11.5 Å². The van der Waals surface area contributed by atoms with Gasteiger partial charge in [0, 0.05) is 24.7 Å². The third-order valence-electron chi connectivity index (χ3n) is 3.53. The molecule has 1 heterocycles. The zero-order valence-electron chi connectivity index (χ0n) is 12.0. The third-order valence-corrected chi connectivity index (χ3v) is 3.53. The Labute approximate surface area is 124 Å². The molecule has 114 valence electrons. The van der Waals surface area contributed by atoms with Gasteiger partial charge in [-0.25, -0.2) is 0 Å². The summed E-state index contributed by atoms with van der Waals surface area (Å²) < 4.78 is 5.50. The van der Waals surface area contributed by atoms with E-state index in [0.29, 0.717) is 30.9 Å². The average Bonchev–Trinajstić information content (AvgIpc) is 2.47. The Morgan fingerprint density at radius 2 is 2.00 bits per heavy atom. The highest BCUT2D eigenvalue weighted by molar-refractivity contribution is 5.92. The van der Waals surface area contributed by atoms with E-state index in [4.69, 9.17) is 16.2 Å². The predicted octanol–water partition coefficient (Wildman–Crippen LogP) is 0.504. The summed E-state index contributed by atoms with van der Waals surface area (Å²) in [4.78, 5) is 24.7. The molecule has 2 rings (SSSR count). The molecule has 21 heavy (non-hydrogen) atoms. The normalized spacial score (nSPS) is 18.3. The van der Waals surface area contributed by atoms with Crippen LogP contribution < -0.4 is 16.2 Å². The first kappa shape index (κ1) is 15.3. The Morgan fingerprint density at radius 3 is 2.62 bits per heavy atom. The highest BCUT2D eigenvalue weighted by Gasteiger charge is 2.20. The number of carbonyl (C=O) groups excluding carboxylic acids is 2. The first-order valence-corrected chi connectivity index (χ1v) is 7.12. The summed E-state index contributed by atoms with van der Waals surface area (Å²) in [6.07, 6.45) is 2.26. The van der Waals surface area contributed by atoms with Gasteiger partial charge in [-0.05, 0) is 37.1 Å². The topological polar surface area (TPSA) is 98.7 Å². The van der Waals surface area contributed by atoms with Gasteiger partial charge in [-0.3, -0.25) is 9.59 Å². The van der Waals surface area contributed by atoms with Gasteiger partial charge >= 0.3 is 0 Å². The second kappa shape index (κ2) is 7.08. The predicted molar refractivity (Wildman–Crippen MR) is 78.9 cm³/mol. The highest BCUT2D eigenvalue weighted by atomic mass is 16.5. The van der Waals surface area contributed by atoms with Crippen molar-refractivity contribution >= 4 is 11.8 Å². The van der Waals surface area contributed by atoms with E-state index in [1.807, 2.05) is 0 Å². The van der Waals surface area contributed by atoms with Crippen LogP contribution >= 0.6 is 0 Å². The maximum absolute atomic E-state index is 12.0. The number of hydrogen-bond acceptors (Lipinski definition) is 4. The molecule has 1 aromatic carbocycles. The van der Waals surface area contributed by atoms with Crippen LogP contribution in [-0.2, 0) is 4.79 Å². The molecule has 1 aliphatic rings. The van der Waals surface area contributed by atoms with Crippen LogP contribution in [0.2, 0.25) is 0 Å². The van der Waals surface area contributed by atoms with E-state index in [-0.39, 0.29) is 11.9 Å². The Morgan fingerprint density at radius 1 is 1.29 bits per heavy atom. The lowest BCUT2D eigenvalue weighted by Crippen LogP contribution is -2.46. The standard InChI is InChI=1S/C15H21N3O3/c16-12-2-1-8-18(10-12)14(19)7-9-21-13-5-3-11(4-6-13)15(17)20/h3-6,12H,1-2,7-10,16H2,(H2,17,20). The van der Waals surface area contributed by atoms with Crippen LogP contribution in [0.15, 0.2) is 24.3 Å². The lowest BCUT2D eigenvalue weighted by atomic mass is 10.1. The number of likely N-dealkylation sites (tertiary alicyclic amines) is 1. The maximum Gasteiger partial charge on any atom is 0.248 e. The number of nitrogens with two attached hydrogens (primary N) is 2. The summed E-state index contributed by atoms with van der Waals surface area (Å²) in [6.45, 7) is 1.71. The molecule has 2 amide bonds. The number of carbonyl (C=O) groups is 2. The number of nitrogens with zero attached hydrogens (tertiary/aromatic N) is 1. The van der Waals surface area contributed by atoms with Gasteiger partial charge in [0.05, 0.1) is 13.0 Å². The molecule has 0 bridgehead atoms. The molecule has 1 unspecified atom stereocenters. The number of primary amides is 1. The van der Waals surface area contributed by atoms with Crippen LogP contribution in [0.25, 0.3) is 0 Å². The summed E-state index contributed by atoms with van der Waals surface area (Å²) in [5.41, 5.74) is 11.4. The molecule has 1 atom stereocenters. The average molecular weight is 291 g/mol. The van der Waals surface area contributed by atoms with E-state index < -0.39 is 5.91 Å². The summed E-state index contributed by atoms with van der Waals surface area (Å²) in [6, 6.07) is 6.62. The largest absolute Gasteiger partial charge is 0.493 e. The van der Waals surface area contributed by atoms with E-state index in [9.17, 15) is 9.59 Å². The molecule has 4 N–H and O–H groups in total. The van der Waals surface area contributed by atoms with Gasteiger partial charge < -0.3 is 21.1 Å². The van der Waals surface area contributed by atoms with Crippen molar-refractivity contribution < 1.29 is 14.3 Å². The Kier molecular flexibility index (Phi) is 5.16. The van der Waals surface area contributed by atoms with Crippen LogP contribution in [0, 0.1) is 0 Å². The van der Waals surface area contributed by atoms with Crippen molar-refractivity contribution in [2.75, 3.05) is 19.7 Å². The fourth-order valence-electron chi connectivity index (χ4n) is 2.37. The van der Waals surface area contributed by atoms with Gasteiger partial charge in [0.1, 0.15) is 5.75 Å². The number of rotatable bonds is 5. The van der Waals surface area contributed by atoms with Crippen LogP contribution in [0.1, 0.15) is 29.6 Å². The molecule has 0 spiro atoms. The molecule has 0 aliphatic carbocycles. The second-order valence-corrected chi connectivity index (χ2v) is 5.23. The zero-order chi connectivity index (χ0) is 15.2. The van der Waals surface area contributed by atoms with Crippen molar-refractivity contribution in [2.45, 2.75) is 25.3 Å². The van der Waals surface area contributed by atoms with Crippen LogP contribution in [0.4, 0.5) is 0 Å². The van der Waals surface area contributed by atoms with Crippen molar-refractivity contribution in [3.8, 4) is 5.75 Å². The number of piperidine rings is 1. The van der Waals surface area contributed by atoms with Gasteiger partial charge in [-0.15, -0.1) is 0 Å². The molecule has 1 fully saturated rings. The van der Waals surface area contributed by atoms with Crippen molar-refractivity contribution in [1.29, 1.82) is 0 Å². The lowest BCUT2D eigenvalue weighted by molar-refractivity contribution is -0.132. The van der Waals surface area contributed by atoms with E-state index in [1.54, 1.807) is 29.2 Å². The quantitative estimate of drug-likeness (QED) is 0.825. The highest BCUT2D eigenvalue weighted by Crippen LogP contribution is 2.13. The molecule has 0 saturated carbocycles. The maximum atomic E-state index is 12.0. The minimum atomic E-state index is -0.474. The molecular formula is C15H21N3O3. The number of hydrogen-bond donors (Lipinski definition) is 2. The number of benzene rings is 1. The third kappa shape index (κ3) is 4.46.